The second-order valence-electron chi connectivity index (χ2n) is 6.73. The molecule has 2 N–H and O–H groups in total. The number of nitrogens with zero attached hydrogens (tertiary/aromatic N) is 3. The smallest absolute Gasteiger partial charge is 0.240 e. The molecule has 1 heterocycles. The Hall–Kier alpha value is -0.650. The van der Waals surface area contributed by atoms with Crippen molar-refractivity contribution < 1.29 is 4.52 Å². The molecule has 0 radical (unpaired) electrons. The number of aromatic nitrogens is 2. The van der Waals surface area contributed by atoms with E-state index in [9.17, 15) is 0 Å². The van der Waals surface area contributed by atoms with Gasteiger partial charge in [0.2, 0.25) is 5.89 Å². The third-order valence-electron chi connectivity index (χ3n) is 4.45. The Kier molecular flexibility index (Phi) is 6.63. The van der Waals surface area contributed by atoms with Crippen LogP contribution in [0.3, 0.4) is 0 Å². The minimum Gasteiger partial charge on any atom is -0.338 e. The first-order chi connectivity index (χ1) is 9.40. The van der Waals surface area contributed by atoms with Crippen LogP contribution in [0.2, 0.25) is 0 Å². The van der Waals surface area contributed by atoms with E-state index in [1.165, 1.54) is 32.1 Å². The molecular weight excluding hydrogens is 288 g/mol. The summed E-state index contributed by atoms with van der Waals surface area (Å²) < 4.78 is 5.31. The third kappa shape index (κ3) is 4.94. The van der Waals surface area contributed by atoms with Gasteiger partial charge in [0.15, 0.2) is 5.82 Å². The first-order valence-electron chi connectivity index (χ1n) is 7.72. The van der Waals surface area contributed by atoms with E-state index in [0.29, 0.717) is 24.3 Å². The van der Waals surface area contributed by atoms with Gasteiger partial charge in [0.05, 0.1) is 12.1 Å². The Morgan fingerprint density at radius 1 is 1.29 bits per heavy atom. The van der Waals surface area contributed by atoms with E-state index in [1.807, 2.05) is 13.8 Å². The van der Waals surface area contributed by atoms with Crippen LogP contribution in [0.25, 0.3) is 0 Å². The Morgan fingerprint density at radius 3 is 2.38 bits per heavy atom. The molecule has 0 amide bonds. The summed E-state index contributed by atoms with van der Waals surface area (Å²) >= 11 is 0. The van der Waals surface area contributed by atoms with Gasteiger partial charge < -0.3 is 10.3 Å². The van der Waals surface area contributed by atoms with Crippen LogP contribution in [-0.4, -0.2) is 28.1 Å². The summed E-state index contributed by atoms with van der Waals surface area (Å²) in [6, 6.07) is 0.638. The summed E-state index contributed by atoms with van der Waals surface area (Å²) in [7, 11) is 2.15. The third-order valence-corrected chi connectivity index (χ3v) is 4.45. The highest BCUT2D eigenvalue weighted by atomic mass is 35.5. The average molecular weight is 317 g/mol. The lowest BCUT2D eigenvalue weighted by molar-refractivity contribution is 0.143. The minimum absolute atomic E-state index is 0. The van der Waals surface area contributed by atoms with Gasteiger partial charge in [0.25, 0.3) is 0 Å². The lowest BCUT2D eigenvalue weighted by Crippen LogP contribution is -2.35. The van der Waals surface area contributed by atoms with E-state index in [0.717, 1.165) is 5.92 Å². The molecule has 5 nitrogen and oxygen atoms in total. The highest BCUT2D eigenvalue weighted by molar-refractivity contribution is 5.85. The quantitative estimate of drug-likeness (QED) is 0.904. The number of rotatable bonds is 5. The summed E-state index contributed by atoms with van der Waals surface area (Å²) in [4.78, 5) is 6.74. The van der Waals surface area contributed by atoms with Crippen LogP contribution in [-0.2, 0) is 12.1 Å². The zero-order chi connectivity index (χ0) is 14.8. The van der Waals surface area contributed by atoms with Crippen molar-refractivity contribution in [3.8, 4) is 0 Å². The molecule has 21 heavy (non-hydrogen) atoms. The van der Waals surface area contributed by atoms with Crippen molar-refractivity contribution in [1.82, 2.24) is 15.0 Å². The molecule has 0 atom stereocenters. The van der Waals surface area contributed by atoms with Crippen molar-refractivity contribution in [3.63, 3.8) is 0 Å². The van der Waals surface area contributed by atoms with Crippen LogP contribution in [0.1, 0.15) is 64.6 Å². The number of hydrogen-bond acceptors (Lipinski definition) is 5. The molecular formula is C15H29ClN4O. The fourth-order valence-corrected chi connectivity index (χ4v) is 2.92. The van der Waals surface area contributed by atoms with Gasteiger partial charge in [-0.1, -0.05) is 18.5 Å². The summed E-state index contributed by atoms with van der Waals surface area (Å²) in [6.45, 7) is 6.78. The van der Waals surface area contributed by atoms with Crippen LogP contribution in [0.5, 0.6) is 0 Å². The number of halogens is 1. The van der Waals surface area contributed by atoms with Crippen LogP contribution >= 0.6 is 12.4 Å². The van der Waals surface area contributed by atoms with E-state index >= 15 is 0 Å². The number of nitrogens with two attached hydrogens (primary N) is 1. The van der Waals surface area contributed by atoms with Crippen molar-refractivity contribution in [2.45, 2.75) is 71.0 Å². The lowest BCUT2D eigenvalue weighted by atomic mass is 9.84. The molecule has 0 saturated heterocycles. The molecule has 1 aliphatic rings. The molecule has 0 aromatic carbocycles. The SMILES string of the molecule is CCC1CCC(N(C)Cc2nc(C(C)(C)N)no2)CC1.Cl. The highest BCUT2D eigenvalue weighted by Gasteiger charge is 2.25. The maximum Gasteiger partial charge on any atom is 0.240 e. The Labute approximate surface area is 134 Å². The second kappa shape index (κ2) is 7.56. The molecule has 6 heteroatoms. The molecule has 0 unspecified atom stereocenters. The summed E-state index contributed by atoms with van der Waals surface area (Å²) in [5, 5.41) is 3.97. The van der Waals surface area contributed by atoms with Crippen LogP contribution in [0.4, 0.5) is 0 Å². The fourth-order valence-electron chi connectivity index (χ4n) is 2.92. The van der Waals surface area contributed by atoms with Gasteiger partial charge in [0, 0.05) is 6.04 Å². The predicted molar refractivity (Wildman–Crippen MR) is 86.3 cm³/mol. The maximum atomic E-state index is 5.98. The van der Waals surface area contributed by atoms with Gasteiger partial charge in [-0.05, 0) is 52.5 Å². The Morgan fingerprint density at radius 2 is 1.90 bits per heavy atom. The molecule has 1 aromatic heterocycles. The first kappa shape index (κ1) is 18.4. The molecule has 1 aromatic rings. The van der Waals surface area contributed by atoms with Crippen molar-refractivity contribution in [1.29, 1.82) is 0 Å². The summed E-state index contributed by atoms with van der Waals surface area (Å²) in [6.07, 6.45) is 6.55. The van der Waals surface area contributed by atoms with Crippen molar-refractivity contribution in [2.24, 2.45) is 11.7 Å². The predicted octanol–water partition coefficient (Wildman–Crippen LogP) is 3.09. The fraction of sp³-hybridized carbons (Fsp3) is 0.867. The van der Waals surface area contributed by atoms with Crippen LogP contribution < -0.4 is 5.73 Å². The lowest BCUT2D eigenvalue weighted by Gasteiger charge is -2.33. The van der Waals surface area contributed by atoms with E-state index in [1.54, 1.807) is 0 Å². The Balaban J connectivity index is 0.00000220. The van der Waals surface area contributed by atoms with Gasteiger partial charge in [-0.3, -0.25) is 4.90 Å². The molecule has 2 rings (SSSR count). The van der Waals surface area contributed by atoms with Gasteiger partial charge in [-0.25, -0.2) is 0 Å². The zero-order valence-corrected chi connectivity index (χ0v) is 14.4. The molecule has 0 aliphatic heterocycles. The van der Waals surface area contributed by atoms with Gasteiger partial charge >= 0.3 is 0 Å². The van der Waals surface area contributed by atoms with Crippen molar-refractivity contribution >= 4 is 12.4 Å². The van der Waals surface area contributed by atoms with E-state index in [-0.39, 0.29) is 12.4 Å². The molecule has 0 spiro atoms. The molecule has 1 saturated carbocycles. The summed E-state index contributed by atoms with van der Waals surface area (Å²) in [5.41, 5.74) is 5.43. The van der Waals surface area contributed by atoms with Gasteiger partial charge in [-0.15, -0.1) is 12.4 Å². The molecule has 1 fully saturated rings. The van der Waals surface area contributed by atoms with Gasteiger partial charge in [0.1, 0.15) is 0 Å². The minimum atomic E-state index is -0.542. The van der Waals surface area contributed by atoms with Crippen LogP contribution in [0.15, 0.2) is 4.52 Å². The van der Waals surface area contributed by atoms with E-state index in [4.69, 9.17) is 10.3 Å². The monoisotopic (exact) mass is 316 g/mol. The van der Waals surface area contributed by atoms with Gasteiger partial charge in [-0.2, -0.15) is 4.98 Å². The van der Waals surface area contributed by atoms with Crippen molar-refractivity contribution in [2.75, 3.05) is 7.05 Å². The Bertz CT molecular complexity index is 422. The van der Waals surface area contributed by atoms with Crippen molar-refractivity contribution in [3.05, 3.63) is 11.7 Å². The largest absolute Gasteiger partial charge is 0.338 e. The van der Waals surface area contributed by atoms with E-state index < -0.39 is 5.54 Å². The van der Waals surface area contributed by atoms with Crippen LogP contribution in [0, 0.1) is 5.92 Å². The molecule has 0 bridgehead atoms. The maximum absolute atomic E-state index is 5.98. The summed E-state index contributed by atoms with van der Waals surface area (Å²) in [5.74, 6) is 2.17. The first-order valence-corrected chi connectivity index (χ1v) is 7.72. The molecule has 122 valence electrons. The highest BCUT2D eigenvalue weighted by Crippen LogP contribution is 2.29. The normalized spacial score (nSPS) is 23.1. The number of hydrogen-bond donors (Lipinski definition) is 1. The standard InChI is InChI=1S/C15H28N4O.ClH/c1-5-11-6-8-12(9-7-11)19(4)10-13-17-14(18-20-13)15(2,3)16;/h11-12H,5-10,16H2,1-4H3;1H. The second-order valence-corrected chi connectivity index (χ2v) is 6.73. The molecule has 1 aliphatic carbocycles. The topological polar surface area (TPSA) is 68.2 Å². The zero-order valence-electron chi connectivity index (χ0n) is 13.6. The van der Waals surface area contributed by atoms with E-state index in [2.05, 4.69) is 29.0 Å². The average Bonchev–Trinajstić information content (AvgIpc) is 2.87.